The number of benzene rings is 1. The fraction of sp³-hybridized carbons (Fsp3) is 0.500. The lowest BCUT2D eigenvalue weighted by molar-refractivity contribution is -0.124. The maximum absolute atomic E-state index is 12.7. The molecule has 1 aliphatic heterocycles. The number of rotatable bonds is 5. The van der Waals surface area contributed by atoms with Crippen molar-refractivity contribution in [2.75, 3.05) is 20.6 Å². The van der Waals surface area contributed by atoms with E-state index in [4.69, 9.17) is 0 Å². The first-order valence-corrected chi connectivity index (χ1v) is 8.94. The van der Waals surface area contributed by atoms with Crippen LogP contribution in [0.2, 0.25) is 0 Å². The molecule has 1 atom stereocenters. The third-order valence-corrected chi connectivity index (χ3v) is 5.82. The molecule has 0 radical (unpaired) electrons. The molecular formula is C20H27N3O2. The number of hydrogen-bond acceptors (Lipinski definition) is 3. The van der Waals surface area contributed by atoms with Gasteiger partial charge in [-0.25, -0.2) is 0 Å². The Kier molecular flexibility index (Phi) is 4.69. The first kappa shape index (κ1) is 17.7. The van der Waals surface area contributed by atoms with Crippen molar-refractivity contribution in [3.63, 3.8) is 0 Å². The Morgan fingerprint density at radius 2 is 1.88 bits per heavy atom. The van der Waals surface area contributed by atoms with Gasteiger partial charge in [0.2, 0.25) is 5.91 Å². The number of likely N-dealkylation sites (N-methyl/N-ethyl adjacent to an activating group) is 1. The van der Waals surface area contributed by atoms with E-state index in [1.54, 1.807) is 13.0 Å². The predicted octanol–water partition coefficient (Wildman–Crippen LogP) is 2.49. The third kappa shape index (κ3) is 2.97. The number of amides is 2. The Labute approximate surface area is 149 Å². The molecule has 25 heavy (non-hydrogen) atoms. The number of nitrogens with one attached hydrogen (secondary N) is 1. The molecule has 1 saturated carbocycles. The molecule has 1 aromatic rings. The summed E-state index contributed by atoms with van der Waals surface area (Å²) in [6.45, 7) is 6.41. The van der Waals surface area contributed by atoms with Gasteiger partial charge < -0.3 is 10.2 Å². The van der Waals surface area contributed by atoms with Crippen molar-refractivity contribution < 1.29 is 9.59 Å². The minimum absolute atomic E-state index is 0.0321. The molecule has 1 fully saturated rings. The van der Waals surface area contributed by atoms with Gasteiger partial charge in [0.05, 0.1) is 0 Å². The van der Waals surface area contributed by atoms with Gasteiger partial charge in [-0.2, -0.15) is 0 Å². The first-order valence-electron chi connectivity index (χ1n) is 8.94. The molecular weight excluding hydrogens is 314 g/mol. The van der Waals surface area contributed by atoms with Gasteiger partial charge in [-0.05, 0) is 39.9 Å². The summed E-state index contributed by atoms with van der Waals surface area (Å²) in [5.74, 6) is -0.276. The molecule has 134 valence electrons. The summed E-state index contributed by atoms with van der Waals surface area (Å²) in [4.78, 5) is 29.1. The van der Waals surface area contributed by atoms with E-state index < -0.39 is 6.04 Å². The van der Waals surface area contributed by atoms with Gasteiger partial charge in [-0.1, -0.05) is 37.6 Å². The van der Waals surface area contributed by atoms with Crippen molar-refractivity contribution in [1.29, 1.82) is 0 Å². The molecule has 1 heterocycles. The number of carbonyl (C=O) groups excluding carboxylic acids is 2. The maximum Gasteiger partial charge on any atom is 0.259 e. The Hall–Kier alpha value is -2.14. The first-order chi connectivity index (χ1) is 11.9. The standard InChI is InChI=1S/C20H27N3O2/c1-14-16-9-5-6-10-17(16)19(25)23(14)15(2)18(24)21-13-20(22(3)4)11-7-8-12-20/h5-6,9-10,15H,1,7-8,11-13H2,2-4H3,(H,21,24)/t15-/m0/s1. The Balaban J connectivity index is 1.69. The van der Waals surface area contributed by atoms with Crippen LogP contribution in [0.4, 0.5) is 0 Å². The van der Waals surface area contributed by atoms with Crippen LogP contribution in [0.25, 0.3) is 5.70 Å². The van der Waals surface area contributed by atoms with Crippen LogP contribution in [0, 0.1) is 0 Å². The minimum atomic E-state index is -0.576. The normalized spacial score (nSPS) is 20.1. The molecule has 2 aliphatic rings. The van der Waals surface area contributed by atoms with Crippen LogP contribution in [-0.4, -0.2) is 53.8 Å². The van der Waals surface area contributed by atoms with Crippen molar-refractivity contribution in [2.24, 2.45) is 0 Å². The molecule has 0 spiro atoms. The van der Waals surface area contributed by atoms with Crippen LogP contribution >= 0.6 is 0 Å². The van der Waals surface area contributed by atoms with Crippen LogP contribution in [0.1, 0.15) is 48.5 Å². The number of hydrogen-bond donors (Lipinski definition) is 1. The number of carbonyl (C=O) groups is 2. The van der Waals surface area contributed by atoms with Crippen LogP contribution in [0.3, 0.4) is 0 Å². The van der Waals surface area contributed by atoms with Crippen LogP contribution < -0.4 is 5.32 Å². The zero-order valence-corrected chi connectivity index (χ0v) is 15.3. The maximum atomic E-state index is 12.7. The SMILES string of the molecule is C=C1c2ccccc2C(=O)N1[C@@H](C)C(=O)NCC1(N(C)C)CCCC1. The topological polar surface area (TPSA) is 52.7 Å². The molecule has 1 aromatic carbocycles. The van der Waals surface area contributed by atoms with Crippen molar-refractivity contribution in [3.05, 3.63) is 42.0 Å². The summed E-state index contributed by atoms with van der Waals surface area (Å²) >= 11 is 0. The van der Waals surface area contributed by atoms with Gasteiger partial charge in [0.15, 0.2) is 0 Å². The van der Waals surface area contributed by atoms with Crippen molar-refractivity contribution in [3.8, 4) is 0 Å². The summed E-state index contributed by atoms with van der Waals surface area (Å²) < 4.78 is 0. The lowest BCUT2D eigenvalue weighted by Crippen LogP contribution is -2.54. The van der Waals surface area contributed by atoms with Gasteiger partial charge in [0, 0.05) is 28.9 Å². The Morgan fingerprint density at radius 1 is 1.28 bits per heavy atom. The fourth-order valence-corrected chi connectivity index (χ4v) is 4.04. The van der Waals surface area contributed by atoms with Gasteiger partial charge >= 0.3 is 0 Å². The fourth-order valence-electron chi connectivity index (χ4n) is 4.04. The number of nitrogens with zero attached hydrogens (tertiary/aromatic N) is 2. The van der Waals surface area contributed by atoms with E-state index in [2.05, 4.69) is 30.9 Å². The summed E-state index contributed by atoms with van der Waals surface area (Å²) in [5.41, 5.74) is 2.07. The summed E-state index contributed by atoms with van der Waals surface area (Å²) in [6, 6.07) is 6.80. The second-order valence-corrected chi connectivity index (χ2v) is 7.39. The highest BCUT2D eigenvalue weighted by Crippen LogP contribution is 2.34. The second-order valence-electron chi connectivity index (χ2n) is 7.39. The van der Waals surface area contributed by atoms with Gasteiger partial charge in [-0.3, -0.25) is 14.5 Å². The third-order valence-electron chi connectivity index (χ3n) is 5.82. The quantitative estimate of drug-likeness (QED) is 0.895. The highest BCUT2D eigenvalue weighted by molar-refractivity contribution is 6.10. The van der Waals surface area contributed by atoms with E-state index in [1.165, 1.54) is 17.7 Å². The van der Waals surface area contributed by atoms with Gasteiger partial charge in [-0.15, -0.1) is 0 Å². The highest BCUT2D eigenvalue weighted by Gasteiger charge is 2.39. The average molecular weight is 341 g/mol. The zero-order valence-electron chi connectivity index (χ0n) is 15.3. The number of fused-ring (bicyclic) bond motifs is 1. The molecule has 5 nitrogen and oxygen atoms in total. The van der Waals surface area contributed by atoms with Crippen molar-refractivity contribution in [2.45, 2.75) is 44.2 Å². The highest BCUT2D eigenvalue weighted by atomic mass is 16.2. The summed E-state index contributed by atoms with van der Waals surface area (Å²) in [5, 5.41) is 3.08. The molecule has 0 aromatic heterocycles. The average Bonchev–Trinajstić information content (AvgIpc) is 3.18. The lowest BCUT2D eigenvalue weighted by atomic mass is 9.96. The summed E-state index contributed by atoms with van der Waals surface area (Å²) in [6.07, 6.45) is 4.57. The smallest absolute Gasteiger partial charge is 0.259 e. The van der Waals surface area contributed by atoms with E-state index in [9.17, 15) is 9.59 Å². The molecule has 5 heteroatoms. The molecule has 0 bridgehead atoms. The van der Waals surface area contributed by atoms with Gasteiger partial charge in [0.25, 0.3) is 5.91 Å². The molecule has 0 unspecified atom stereocenters. The monoisotopic (exact) mass is 341 g/mol. The molecule has 2 amide bonds. The predicted molar refractivity (Wildman–Crippen MR) is 99.0 cm³/mol. The Morgan fingerprint density at radius 3 is 2.44 bits per heavy atom. The van der Waals surface area contributed by atoms with Gasteiger partial charge in [0.1, 0.15) is 6.04 Å². The van der Waals surface area contributed by atoms with E-state index in [0.29, 0.717) is 17.8 Å². The molecule has 0 saturated heterocycles. The van der Waals surface area contributed by atoms with Crippen LogP contribution in [-0.2, 0) is 4.79 Å². The van der Waals surface area contributed by atoms with Crippen molar-refractivity contribution in [1.82, 2.24) is 15.1 Å². The molecule has 1 N–H and O–H groups in total. The second kappa shape index (κ2) is 6.64. The molecule has 1 aliphatic carbocycles. The van der Waals surface area contributed by atoms with E-state index in [1.807, 2.05) is 18.2 Å². The van der Waals surface area contributed by atoms with Crippen LogP contribution in [0.5, 0.6) is 0 Å². The van der Waals surface area contributed by atoms with E-state index in [0.717, 1.165) is 18.4 Å². The minimum Gasteiger partial charge on any atom is -0.352 e. The molecule has 3 rings (SSSR count). The summed E-state index contributed by atoms with van der Waals surface area (Å²) in [7, 11) is 4.15. The lowest BCUT2D eigenvalue weighted by Gasteiger charge is -2.37. The van der Waals surface area contributed by atoms with Crippen LogP contribution in [0.15, 0.2) is 30.8 Å². The Bertz CT molecular complexity index is 670. The van der Waals surface area contributed by atoms with E-state index >= 15 is 0 Å². The largest absolute Gasteiger partial charge is 0.352 e. The van der Waals surface area contributed by atoms with E-state index in [-0.39, 0.29) is 17.4 Å². The zero-order chi connectivity index (χ0) is 18.2. The van der Waals surface area contributed by atoms with Crippen molar-refractivity contribution >= 4 is 17.5 Å².